The number of hydrogen-bond donors (Lipinski definition) is 1. The molecule has 0 radical (unpaired) electrons. The maximum atomic E-state index is 11.6. The molecular formula is C18H17BrClN5OS. The van der Waals surface area contributed by atoms with Crippen LogP contribution in [0.4, 0.5) is 5.95 Å². The van der Waals surface area contributed by atoms with Gasteiger partial charge in [-0.3, -0.25) is 9.36 Å². The lowest BCUT2D eigenvalue weighted by molar-refractivity contribution is 0.0967. The van der Waals surface area contributed by atoms with E-state index in [2.05, 4.69) is 31.2 Å². The smallest absolute Gasteiger partial charge is 0.262 e. The van der Waals surface area contributed by atoms with E-state index >= 15 is 0 Å². The minimum absolute atomic E-state index is 0.153. The number of thiazole rings is 1. The second-order valence-corrected chi connectivity index (χ2v) is 8.11. The molecule has 0 bridgehead atoms. The molecule has 0 aliphatic rings. The lowest BCUT2D eigenvalue weighted by Gasteiger charge is -2.14. The molecule has 2 heterocycles. The van der Waals surface area contributed by atoms with E-state index in [0.29, 0.717) is 26.7 Å². The first-order chi connectivity index (χ1) is 12.9. The number of hydrogen-bond acceptors (Lipinski definition) is 5. The minimum Gasteiger partial charge on any atom is -0.354 e. The molecule has 0 aliphatic heterocycles. The number of aromatic nitrogens is 3. The van der Waals surface area contributed by atoms with Gasteiger partial charge in [0.15, 0.2) is 0 Å². The predicted octanol–water partition coefficient (Wildman–Crippen LogP) is 4.34. The van der Waals surface area contributed by atoms with Crippen LogP contribution in [0.5, 0.6) is 0 Å². The van der Waals surface area contributed by atoms with Crippen molar-refractivity contribution < 1.29 is 4.79 Å². The highest BCUT2D eigenvalue weighted by molar-refractivity contribution is 9.10. The molecular weight excluding hydrogens is 450 g/mol. The van der Waals surface area contributed by atoms with Crippen molar-refractivity contribution in [2.45, 2.75) is 0 Å². The highest BCUT2D eigenvalue weighted by atomic mass is 79.9. The first kappa shape index (κ1) is 19.6. The van der Waals surface area contributed by atoms with Crippen LogP contribution in [0.2, 0.25) is 5.15 Å². The lowest BCUT2D eigenvalue weighted by Crippen LogP contribution is -2.16. The zero-order valence-electron chi connectivity index (χ0n) is 14.9. The summed E-state index contributed by atoms with van der Waals surface area (Å²) in [5.74, 6) is 0.562. The molecule has 0 saturated heterocycles. The molecule has 1 amide bonds. The Morgan fingerprint density at radius 3 is 2.63 bits per heavy atom. The molecule has 0 saturated carbocycles. The van der Waals surface area contributed by atoms with Gasteiger partial charge in [0.25, 0.3) is 5.91 Å². The van der Waals surface area contributed by atoms with Crippen molar-refractivity contribution in [2.75, 3.05) is 26.0 Å². The highest BCUT2D eigenvalue weighted by Crippen LogP contribution is 2.30. The number of carbonyl (C=O) groups excluding carboxylic acids is 1. The number of nitrogens with zero attached hydrogens (tertiary/aromatic N) is 4. The Hall–Kier alpha value is -2.16. The van der Waals surface area contributed by atoms with Crippen molar-refractivity contribution in [1.82, 2.24) is 19.9 Å². The number of amides is 1. The first-order valence-electron chi connectivity index (χ1n) is 7.98. The Morgan fingerprint density at radius 2 is 2.00 bits per heavy atom. The van der Waals surface area contributed by atoms with E-state index in [1.165, 1.54) is 11.3 Å². The molecule has 2 aromatic heterocycles. The Kier molecular flexibility index (Phi) is 5.98. The van der Waals surface area contributed by atoms with Crippen LogP contribution >= 0.6 is 38.9 Å². The van der Waals surface area contributed by atoms with Gasteiger partial charge in [-0.1, -0.05) is 27.5 Å². The monoisotopic (exact) mass is 465 g/mol. The van der Waals surface area contributed by atoms with E-state index in [9.17, 15) is 4.79 Å². The summed E-state index contributed by atoms with van der Waals surface area (Å²) in [6.07, 6.45) is 5.16. The Labute approximate surface area is 174 Å². The summed E-state index contributed by atoms with van der Waals surface area (Å²) in [6, 6.07) is 7.84. The average molecular weight is 467 g/mol. The molecule has 1 N–H and O–H groups in total. The van der Waals surface area contributed by atoms with Gasteiger partial charge >= 0.3 is 0 Å². The fourth-order valence-electron chi connectivity index (χ4n) is 2.37. The zero-order valence-corrected chi connectivity index (χ0v) is 18.1. The SMILES string of the molecule is CNC(=O)c1cnc(/C=C/c2nc(N(C)C)n(-c3ccc(Br)cc3)c2Cl)s1. The Bertz CT molecular complexity index is 994. The fourth-order valence-corrected chi connectivity index (χ4v) is 3.68. The van der Waals surface area contributed by atoms with Gasteiger partial charge in [-0.25, -0.2) is 9.97 Å². The third-order valence-corrected chi connectivity index (χ3v) is 5.52. The van der Waals surface area contributed by atoms with Crippen molar-refractivity contribution in [1.29, 1.82) is 0 Å². The van der Waals surface area contributed by atoms with Crippen molar-refractivity contribution in [3.63, 3.8) is 0 Å². The molecule has 0 spiro atoms. The summed E-state index contributed by atoms with van der Waals surface area (Å²) in [7, 11) is 5.42. The van der Waals surface area contributed by atoms with Gasteiger partial charge in [0.05, 0.1) is 11.9 Å². The van der Waals surface area contributed by atoms with Gasteiger partial charge in [-0.2, -0.15) is 0 Å². The third-order valence-electron chi connectivity index (χ3n) is 3.67. The van der Waals surface area contributed by atoms with E-state index in [1.54, 1.807) is 25.4 Å². The minimum atomic E-state index is -0.153. The summed E-state index contributed by atoms with van der Waals surface area (Å²) in [6.45, 7) is 0. The number of imidazole rings is 1. The Morgan fingerprint density at radius 1 is 1.30 bits per heavy atom. The summed E-state index contributed by atoms with van der Waals surface area (Å²) < 4.78 is 2.87. The number of carbonyl (C=O) groups is 1. The fraction of sp³-hybridized carbons (Fsp3) is 0.167. The topological polar surface area (TPSA) is 63.1 Å². The van der Waals surface area contributed by atoms with Crippen molar-refractivity contribution in [2.24, 2.45) is 0 Å². The zero-order chi connectivity index (χ0) is 19.6. The van der Waals surface area contributed by atoms with Gasteiger partial charge in [-0.15, -0.1) is 11.3 Å². The quantitative estimate of drug-likeness (QED) is 0.607. The summed E-state index contributed by atoms with van der Waals surface area (Å²) in [5, 5.41) is 3.79. The van der Waals surface area contributed by atoms with Gasteiger partial charge in [-0.05, 0) is 36.4 Å². The summed E-state index contributed by atoms with van der Waals surface area (Å²) in [4.78, 5) is 23.0. The van der Waals surface area contributed by atoms with Crippen molar-refractivity contribution in [3.8, 4) is 5.69 Å². The largest absolute Gasteiger partial charge is 0.354 e. The molecule has 0 aliphatic carbocycles. The normalized spacial score (nSPS) is 11.1. The van der Waals surface area contributed by atoms with E-state index in [1.807, 2.05) is 47.8 Å². The van der Waals surface area contributed by atoms with Crippen LogP contribution in [0, 0.1) is 0 Å². The highest BCUT2D eigenvalue weighted by Gasteiger charge is 2.17. The maximum absolute atomic E-state index is 11.6. The van der Waals surface area contributed by atoms with Gasteiger partial charge in [0.1, 0.15) is 20.7 Å². The molecule has 0 fully saturated rings. The van der Waals surface area contributed by atoms with Crippen molar-refractivity contribution >= 4 is 62.9 Å². The van der Waals surface area contributed by atoms with Crippen LogP contribution in [0.15, 0.2) is 34.9 Å². The number of anilines is 1. The third kappa shape index (κ3) is 4.23. The second-order valence-electron chi connectivity index (χ2n) is 5.77. The molecule has 0 unspecified atom stereocenters. The number of halogens is 2. The van der Waals surface area contributed by atoms with Crippen molar-refractivity contribution in [3.05, 3.63) is 55.7 Å². The molecule has 1 aromatic carbocycles. The molecule has 27 heavy (non-hydrogen) atoms. The van der Waals surface area contributed by atoms with Crippen LogP contribution in [-0.4, -0.2) is 41.6 Å². The van der Waals surface area contributed by atoms with Gasteiger partial charge in [0.2, 0.25) is 5.95 Å². The van der Waals surface area contributed by atoms with Crippen LogP contribution in [0.25, 0.3) is 17.8 Å². The number of nitrogens with one attached hydrogen (secondary N) is 1. The maximum Gasteiger partial charge on any atom is 0.262 e. The van der Waals surface area contributed by atoms with Gasteiger partial charge < -0.3 is 10.2 Å². The van der Waals surface area contributed by atoms with E-state index < -0.39 is 0 Å². The molecule has 6 nitrogen and oxygen atoms in total. The van der Waals surface area contributed by atoms with Crippen LogP contribution < -0.4 is 10.2 Å². The second kappa shape index (κ2) is 8.24. The van der Waals surface area contributed by atoms with Gasteiger partial charge in [0, 0.05) is 25.6 Å². The van der Waals surface area contributed by atoms with E-state index in [-0.39, 0.29) is 5.91 Å². The predicted molar refractivity (Wildman–Crippen MR) is 115 cm³/mol. The molecule has 3 aromatic rings. The molecule has 140 valence electrons. The lowest BCUT2D eigenvalue weighted by atomic mass is 10.3. The Balaban J connectivity index is 1.97. The van der Waals surface area contributed by atoms with Crippen LogP contribution in [0.3, 0.4) is 0 Å². The standard InChI is InChI=1S/C18H17BrClN5OS/c1-21-17(26)14-10-22-15(27-14)9-8-13-16(20)25(18(23-13)24(2)3)12-6-4-11(19)5-7-12/h4-10H,1-3H3,(H,21,26)/b9-8+. The average Bonchev–Trinajstić information content (AvgIpc) is 3.25. The van der Waals surface area contributed by atoms with E-state index in [0.717, 1.165) is 10.2 Å². The number of benzene rings is 1. The van der Waals surface area contributed by atoms with Crippen LogP contribution in [0.1, 0.15) is 20.4 Å². The first-order valence-corrected chi connectivity index (χ1v) is 9.97. The molecule has 9 heteroatoms. The van der Waals surface area contributed by atoms with E-state index in [4.69, 9.17) is 11.6 Å². The summed E-state index contributed by atoms with van der Waals surface area (Å²) >= 11 is 11.4. The summed E-state index contributed by atoms with van der Waals surface area (Å²) in [5.41, 5.74) is 1.54. The number of rotatable bonds is 5. The van der Waals surface area contributed by atoms with Crippen LogP contribution in [-0.2, 0) is 0 Å². The molecule has 0 atom stereocenters. The molecule has 3 rings (SSSR count).